The summed E-state index contributed by atoms with van der Waals surface area (Å²) in [6, 6.07) is 2.76. The molecule has 1 saturated carbocycles. The second kappa shape index (κ2) is 5.61. The van der Waals surface area contributed by atoms with Crippen molar-refractivity contribution < 1.29 is 15.0 Å². The monoisotopic (exact) mass is 263 g/mol. The quantitative estimate of drug-likeness (QED) is 0.782. The number of aromatic carboxylic acids is 1. The van der Waals surface area contributed by atoms with Gasteiger partial charge in [-0.1, -0.05) is 25.3 Å². The van der Waals surface area contributed by atoms with Crippen LogP contribution in [0, 0.1) is 12.8 Å². The molecule has 0 amide bonds. The van der Waals surface area contributed by atoms with E-state index in [-0.39, 0.29) is 17.2 Å². The number of carboxylic acids is 1. The molecule has 4 N–H and O–H groups in total. The van der Waals surface area contributed by atoms with Crippen LogP contribution in [-0.4, -0.2) is 16.2 Å². The third-order valence-electron chi connectivity index (χ3n) is 4.14. The van der Waals surface area contributed by atoms with E-state index in [1.165, 1.54) is 12.5 Å². The minimum atomic E-state index is -1.03. The lowest BCUT2D eigenvalue weighted by atomic mass is 9.79. The van der Waals surface area contributed by atoms with Crippen molar-refractivity contribution in [1.82, 2.24) is 0 Å². The van der Waals surface area contributed by atoms with Crippen LogP contribution in [0.4, 0.5) is 0 Å². The van der Waals surface area contributed by atoms with Gasteiger partial charge in [-0.15, -0.1) is 0 Å². The van der Waals surface area contributed by atoms with Gasteiger partial charge in [0.1, 0.15) is 5.75 Å². The Balaban J connectivity index is 2.41. The van der Waals surface area contributed by atoms with Crippen molar-refractivity contribution in [2.75, 3.05) is 0 Å². The number of carboxylic acid groups (broad SMARTS) is 1. The molecule has 0 aromatic heterocycles. The predicted molar refractivity (Wildman–Crippen MR) is 73.3 cm³/mol. The molecule has 104 valence electrons. The molecule has 0 unspecified atom stereocenters. The number of benzene rings is 1. The van der Waals surface area contributed by atoms with Gasteiger partial charge < -0.3 is 15.9 Å². The molecule has 1 fully saturated rings. The lowest BCUT2D eigenvalue weighted by Crippen LogP contribution is -2.25. The van der Waals surface area contributed by atoms with Crippen molar-refractivity contribution in [3.8, 4) is 5.75 Å². The molecule has 0 heterocycles. The summed E-state index contributed by atoms with van der Waals surface area (Å²) in [4.78, 5) is 11.3. The van der Waals surface area contributed by atoms with E-state index in [9.17, 15) is 15.0 Å². The van der Waals surface area contributed by atoms with Crippen molar-refractivity contribution in [3.63, 3.8) is 0 Å². The Labute approximate surface area is 113 Å². The molecular formula is C15H21NO3. The summed E-state index contributed by atoms with van der Waals surface area (Å²) >= 11 is 0. The molecule has 1 aromatic carbocycles. The predicted octanol–water partition coefficient (Wildman–Crippen LogP) is 2.98. The number of phenols is 1. The largest absolute Gasteiger partial charge is 0.507 e. The smallest absolute Gasteiger partial charge is 0.336 e. The maximum Gasteiger partial charge on any atom is 0.336 e. The Kier molecular flexibility index (Phi) is 4.10. The van der Waals surface area contributed by atoms with Gasteiger partial charge in [-0.3, -0.25) is 0 Å². The second-order valence-corrected chi connectivity index (χ2v) is 5.42. The standard InChI is InChI=1S/C15H21NO3/c1-9-7-8-11(15(18)19)12(14(9)17)13(16)10-5-3-2-4-6-10/h7-8,10,13,17H,2-6,16H2,1H3,(H,18,19)/t13-/m1/s1. The van der Waals surface area contributed by atoms with Gasteiger partial charge in [0, 0.05) is 11.6 Å². The molecule has 19 heavy (non-hydrogen) atoms. The van der Waals surface area contributed by atoms with Crippen LogP contribution in [0.1, 0.15) is 59.6 Å². The Morgan fingerprint density at radius 1 is 1.32 bits per heavy atom. The Morgan fingerprint density at radius 2 is 1.95 bits per heavy atom. The first-order valence-electron chi connectivity index (χ1n) is 6.83. The Hall–Kier alpha value is -1.55. The Morgan fingerprint density at radius 3 is 2.53 bits per heavy atom. The normalized spacial score (nSPS) is 18.2. The number of aromatic hydroxyl groups is 1. The number of hydrogen-bond donors (Lipinski definition) is 3. The number of aryl methyl sites for hydroxylation is 1. The lowest BCUT2D eigenvalue weighted by Gasteiger charge is -2.29. The molecular weight excluding hydrogens is 242 g/mol. The van der Waals surface area contributed by atoms with Crippen LogP contribution in [0.25, 0.3) is 0 Å². The highest BCUT2D eigenvalue weighted by Gasteiger charge is 2.28. The van der Waals surface area contributed by atoms with Crippen LogP contribution < -0.4 is 5.73 Å². The molecule has 0 spiro atoms. The van der Waals surface area contributed by atoms with E-state index >= 15 is 0 Å². The number of nitrogens with two attached hydrogens (primary N) is 1. The van der Waals surface area contributed by atoms with Crippen LogP contribution in [0.3, 0.4) is 0 Å². The maximum atomic E-state index is 11.3. The SMILES string of the molecule is Cc1ccc(C(=O)O)c([C@H](N)C2CCCCC2)c1O. The summed E-state index contributed by atoms with van der Waals surface area (Å²) in [7, 11) is 0. The van der Waals surface area contributed by atoms with Crippen LogP contribution >= 0.6 is 0 Å². The van der Waals surface area contributed by atoms with Crippen molar-refractivity contribution in [2.45, 2.75) is 45.1 Å². The number of rotatable bonds is 3. The zero-order valence-corrected chi connectivity index (χ0v) is 11.2. The molecule has 1 aromatic rings. The van der Waals surface area contributed by atoms with Gasteiger partial charge in [0.2, 0.25) is 0 Å². The van der Waals surface area contributed by atoms with Gasteiger partial charge >= 0.3 is 5.97 Å². The van der Waals surface area contributed by atoms with E-state index in [1.54, 1.807) is 13.0 Å². The summed E-state index contributed by atoms with van der Waals surface area (Å²) in [5.74, 6) is -0.728. The van der Waals surface area contributed by atoms with Crippen molar-refractivity contribution in [3.05, 3.63) is 28.8 Å². The average Bonchev–Trinajstić information content (AvgIpc) is 2.41. The molecule has 0 aliphatic heterocycles. The van der Waals surface area contributed by atoms with Crippen LogP contribution in [0.2, 0.25) is 0 Å². The van der Waals surface area contributed by atoms with Gasteiger partial charge in [-0.2, -0.15) is 0 Å². The molecule has 0 saturated heterocycles. The minimum Gasteiger partial charge on any atom is -0.507 e. The summed E-state index contributed by atoms with van der Waals surface area (Å²) in [5, 5.41) is 19.4. The van der Waals surface area contributed by atoms with Gasteiger partial charge in [-0.05, 0) is 37.3 Å². The molecule has 0 radical (unpaired) electrons. The number of phenolic OH excluding ortho intramolecular Hbond substituents is 1. The third kappa shape index (κ3) is 2.73. The third-order valence-corrected chi connectivity index (χ3v) is 4.14. The van der Waals surface area contributed by atoms with E-state index in [0.29, 0.717) is 11.1 Å². The fourth-order valence-corrected chi connectivity index (χ4v) is 2.97. The topological polar surface area (TPSA) is 83.5 Å². The zero-order valence-electron chi connectivity index (χ0n) is 11.2. The van der Waals surface area contributed by atoms with Gasteiger partial charge in [0.15, 0.2) is 0 Å². The summed E-state index contributed by atoms with van der Waals surface area (Å²) in [6.45, 7) is 1.76. The zero-order chi connectivity index (χ0) is 14.0. The van der Waals surface area contributed by atoms with Crippen LogP contribution in [-0.2, 0) is 0 Å². The first kappa shape index (κ1) is 13.9. The van der Waals surface area contributed by atoms with Crippen molar-refractivity contribution >= 4 is 5.97 Å². The molecule has 4 heteroatoms. The lowest BCUT2D eigenvalue weighted by molar-refractivity contribution is 0.0693. The molecule has 2 rings (SSSR count). The molecule has 0 bridgehead atoms. The van der Waals surface area contributed by atoms with E-state index in [1.807, 2.05) is 0 Å². The number of carbonyl (C=O) groups is 1. The summed E-state index contributed by atoms with van der Waals surface area (Å²) in [6.07, 6.45) is 5.50. The van der Waals surface area contributed by atoms with Gasteiger partial charge in [0.25, 0.3) is 0 Å². The first-order chi connectivity index (χ1) is 9.02. The maximum absolute atomic E-state index is 11.3. The minimum absolute atomic E-state index is 0.0398. The van der Waals surface area contributed by atoms with Gasteiger partial charge in [0.05, 0.1) is 5.56 Å². The molecule has 1 atom stereocenters. The van der Waals surface area contributed by atoms with Crippen LogP contribution in [0.15, 0.2) is 12.1 Å². The van der Waals surface area contributed by atoms with E-state index in [0.717, 1.165) is 25.7 Å². The second-order valence-electron chi connectivity index (χ2n) is 5.42. The van der Waals surface area contributed by atoms with Crippen molar-refractivity contribution in [2.24, 2.45) is 11.7 Å². The summed E-state index contributed by atoms with van der Waals surface area (Å²) in [5.41, 5.74) is 7.46. The van der Waals surface area contributed by atoms with Crippen molar-refractivity contribution in [1.29, 1.82) is 0 Å². The van der Waals surface area contributed by atoms with Gasteiger partial charge in [-0.25, -0.2) is 4.79 Å². The average molecular weight is 263 g/mol. The van der Waals surface area contributed by atoms with E-state index in [4.69, 9.17) is 5.73 Å². The van der Waals surface area contributed by atoms with E-state index < -0.39 is 12.0 Å². The Bertz CT molecular complexity index is 479. The highest BCUT2D eigenvalue weighted by molar-refractivity contribution is 5.90. The van der Waals surface area contributed by atoms with E-state index in [2.05, 4.69) is 0 Å². The molecule has 4 nitrogen and oxygen atoms in total. The number of hydrogen-bond acceptors (Lipinski definition) is 3. The first-order valence-corrected chi connectivity index (χ1v) is 6.83. The highest BCUT2D eigenvalue weighted by Crippen LogP contribution is 2.39. The highest BCUT2D eigenvalue weighted by atomic mass is 16.4. The molecule has 1 aliphatic rings. The summed E-state index contributed by atoms with van der Waals surface area (Å²) < 4.78 is 0. The fraction of sp³-hybridized carbons (Fsp3) is 0.533. The fourth-order valence-electron chi connectivity index (χ4n) is 2.97. The van der Waals surface area contributed by atoms with Crippen LogP contribution in [0.5, 0.6) is 5.75 Å². The molecule has 1 aliphatic carbocycles.